The number of ketones is 1. The summed E-state index contributed by atoms with van der Waals surface area (Å²) >= 11 is 0. The lowest BCUT2D eigenvalue weighted by Crippen LogP contribution is -2.67. The van der Waals surface area contributed by atoms with Crippen LogP contribution in [0.2, 0.25) is 5.04 Å². The summed E-state index contributed by atoms with van der Waals surface area (Å²) in [5, 5.41) is 12.5. The Hall–Kier alpha value is -2.01. The van der Waals surface area contributed by atoms with Crippen molar-refractivity contribution >= 4 is 24.5 Å². The van der Waals surface area contributed by atoms with Gasteiger partial charge in [0.05, 0.1) is 12.7 Å². The van der Waals surface area contributed by atoms with Crippen LogP contribution in [0.1, 0.15) is 27.7 Å². The molecule has 2 aromatic rings. The molecule has 0 heterocycles. The largest absolute Gasteiger partial charge is 0.404 e. The minimum Gasteiger partial charge on any atom is -0.404 e. The van der Waals surface area contributed by atoms with Crippen molar-refractivity contribution < 1.29 is 14.3 Å². The molecule has 0 aromatic heterocycles. The maximum Gasteiger partial charge on any atom is 0.261 e. The van der Waals surface area contributed by atoms with Crippen LogP contribution in [0.15, 0.2) is 72.8 Å². The molecule has 26 heavy (non-hydrogen) atoms. The summed E-state index contributed by atoms with van der Waals surface area (Å²) in [4.78, 5) is 11.1. The van der Waals surface area contributed by atoms with Crippen molar-refractivity contribution in [3.05, 3.63) is 72.8 Å². The molecule has 2 aromatic carbocycles. The number of carbonyl (C=O) groups excluding carboxylic acids is 1. The molecular formula is C22H28O3Si. The van der Waals surface area contributed by atoms with Crippen LogP contribution in [-0.2, 0) is 9.22 Å². The van der Waals surface area contributed by atoms with Crippen LogP contribution in [0.3, 0.4) is 0 Å². The second kappa shape index (κ2) is 8.58. The number of allylic oxidation sites excluding steroid dienone is 1. The Morgan fingerprint density at radius 1 is 1.04 bits per heavy atom. The van der Waals surface area contributed by atoms with E-state index in [2.05, 4.69) is 45.0 Å². The van der Waals surface area contributed by atoms with Crippen molar-refractivity contribution in [3.63, 3.8) is 0 Å². The third-order valence-electron chi connectivity index (χ3n) is 4.44. The molecular weight excluding hydrogens is 340 g/mol. The average molecular weight is 369 g/mol. The Kier molecular flexibility index (Phi) is 6.70. The van der Waals surface area contributed by atoms with Crippen LogP contribution in [0.4, 0.5) is 0 Å². The van der Waals surface area contributed by atoms with Gasteiger partial charge in [-0.2, -0.15) is 0 Å². The molecule has 1 atom stereocenters. The van der Waals surface area contributed by atoms with E-state index in [9.17, 15) is 9.90 Å². The summed E-state index contributed by atoms with van der Waals surface area (Å²) in [6.45, 7) is 8.19. The predicted octanol–water partition coefficient (Wildman–Crippen LogP) is 3.07. The predicted molar refractivity (Wildman–Crippen MR) is 109 cm³/mol. The second-order valence-corrected chi connectivity index (χ2v) is 11.8. The molecule has 0 fully saturated rings. The molecule has 0 aliphatic heterocycles. The van der Waals surface area contributed by atoms with Crippen LogP contribution in [-0.4, -0.2) is 31.9 Å². The van der Waals surface area contributed by atoms with Gasteiger partial charge in [-0.25, -0.2) is 0 Å². The first-order valence-electron chi connectivity index (χ1n) is 8.89. The summed E-state index contributed by atoms with van der Waals surface area (Å²) in [6.07, 6.45) is 2.07. The number of rotatable bonds is 7. The highest BCUT2D eigenvalue weighted by Gasteiger charge is 2.50. The van der Waals surface area contributed by atoms with Gasteiger partial charge in [-0.05, 0) is 28.4 Å². The zero-order chi connectivity index (χ0) is 19.2. The van der Waals surface area contributed by atoms with Gasteiger partial charge in [-0.3, -0.25) is 4.79 Å². The Labute approximate surface area is 157 Å². The van der Waals surface area contributed by atoms with Crippen LogP contribution >= 0.6 is 0 Å². The Balaban J connectivity index is 2.49. The molecule has 1 N–H and O–H groups in total. The van der Waals surface area contributed by atoms with Crippen molar-refractivity contribution in [1.29, 1.82) is 0 Å². The molecule has 0 saturated carbocycles. The van der Waals surface area contributed by atoms with E-state index in [1.54, 1.807) is 0 Å². The first-order chi connectivity index (χ1) is 12.3. The Morgan fingerprint density at radius 3 is 1.88 bits per heavy atom. The highest BCUT2D eigenvalue weighted by Crippen LogP contribution is 2.36. The third-order valence-corrected chi connectivity index (χ3v) is 9.45. The van der Waals surface area contributed by atoms with Gasteiger partial charge in [0.15, 0.2) is 5.78 Å². The molecule has 0 saturated heterocycles. The number of aliphatic hydroxyl groups is 1. The van der Waals surface area contributed by atoms with Gasteiger partial charge >= 0.3 is 0 Å². The zero-order valence-corrected chi connectivity index (χ0v) is 17.0. The van der Waals surface area contributed by atoms with Gasteiger partial charge in [0.25, 0.3) is 8.32 Å². The quantitative estimate of drug-likeness (QED) is 0.603. The lowest BCUT2D eigenvalue weighted by atomic mass is 10.2. The highest BCUT2D eigenvalue weighted by atomic mass is 28.4. The molecule has 0 aliphatic rings. The van der Waals surface area contributed by atoms with Crippen molar-refractivity contribution in [2.45, 2.75) is 38.8 Å². The minimum absolute atomic E-state index is 0.0884. The van der Waals surface area contributed by atoms with E-state index < -0.39 is 14.4 Å². The van der Waals surface area contributed by atoms with Gasteiger partial charge < -0.3 is 9.53 Å². The molecule has 0 aliphatic carbocycles. The van der Waals surface area contributed by atoms with E-state index in [4.69, 9.17) is 4.43 Å². The summed E-state index contributed by atoms with van der Waals surface area (Å²) in [6, 6.07) is 20.6. The molecule has 0 radical (unpaired) electrons. The highest BCUT2D eigenvalue weighted by molar-refractivity contribution is 6.99. The fourth-order valence-electron chi connectivity index (χ4n) is 3.27. The van der Waals surface area contributed by atoms with Gasteiger partial charge in [-0.1, -0.05) is 87.5 Å². The maximum absolute atomic E-state index is 11.1. The van der Waals surface area contributed by atoms with Gasteiger partial charge in [0.2, 0.25) is 0 Å². The second-order valence-electron chi connectivity index (χ2n) is 7.51. The van der Waals surface area contributed by atoms with Crippen LogP contribution < -0.4 is 10.4 Å². The third kappa shape index (κ3) is 4.58. The molecule has 0 bridgehead atoms. The Morgan fingerprint density at radius 2 is 1.50 bits per heavy atom. The lowest BCUT2D eigenvalue weighted by molar-refractivity contribution is -0.112. The number of hydrogen-bond donors (Lipinski definition) is 1. The van der Waals surface area contributed by atoms with Crippen molar-refractivity contribution in [2.75, 3.05) is 6.61 Å². The number of aliphatic hydroxyl groups excluding tert-OH is 1. The monoisotopic (exact) mass is 368 g/mol. The standard InChI is InChI=1S/C22H28O3Si/c1-18(23)15-16-19(24)17-25-26(22(2,3)4,20-11-7-5-8-12-20)21-13-9-6-10-14-21/h5-16,19,24H,17H2,1-4H3/b16-15+/t19-/m1/s1. The molecule has 0 unspecified atom stereocenters. The van der Waals surface area contributed by atoms with E-state index in [0.29, 0.717) is 0 Å². The van der Waals surface area contributed by atoms with E-state index in [-0.39, 0.29) is 17.4 Å². The van der Waals surface area contributed by atoms with Gasteiger partial charge in [0.1, 0.15) is 0 Å². The molecule has 0 amide bonds. The van der Waals surface area contributed by atoms with E-state index in [1.807, 2.05) is 36.4 Å². The smallest absolute Gasteiger partial charge is 0.261 e. The lowest BCUT2D eigenvalue weighted by Gasteiger charge is -2.43. The molecule has 0 spiro atoms. The fraction of sp³-hybridized carbons (Fsp3) is 0.318. The molecule has 4 heteroatoms. The topological polar surface area (TPSA) is 46.5 Å². The van der Waals surface area contributed by atoms with Gasteiger partial charge in [0, 0.05) is 0 Å². The summed E-state index contributed by atoms with van der Waals surface area (Å²) in [5.74, 6) is -0.0884. The van der Waals surface area contributed by atoms with Crippen LogP contribution in [0, 0.1) is 0 Å². The molecule has 2 rings (SSSR count). The van der Waals surface area contributed by atoms with E-state index in [0.717, 1.165) is 0 Å². The average Bonchev–Trinajstić information content (AvgIpc) is 2.61. The zero-order valence-electron chi connectivity index (χ0n) is 16.0. The van der Waals surface area contributed by atoms with Crippen molar-refractivity contribution in [3.8, 4) is 0 Å². The normalized spacial score (nSPS) is 13.7. The SMILES string of the molecule is CC(=O)/C=C/[C@@H](O)CO[Si](c1ccccc1)(c1ccccc1)C(C)(C)C. The van der Waals surface area contributed by atoms with E-state index in [1.165, 1.54) is 29.4 Å². The van der Waals surface area contributed by atoms with Crippen LogP contribution in [0.25, 0.3) is 0 Å². The first kappa shape index (κ1) is 20.3. The minimum atomic E-state index is -2.65. The summed E-state index contributed by atoms with van der Waals surface area (Å²) < 4.78 is 6.59. The summed E-state index contributed by atoms with van der Waals surface area (Å²) in [5.41, 5.74) is 0. The molecule has 3 nitrogen and oxygen atoms in total. The maximum atomic E-state index is 11.1. The Bertz CT molecular complexity index is 693. The fourth-order valence-corrected chi connectivity index (χ4v) is 7.85. The van der Waals surface area contributed by atoms with Crippen LogP contribution in [0.5, 0.6) is 0 Å². The summed E-state index contributed by atoms with van der Waals surface area (Å²) in [7, 11) is -2.65. The van der Waals surface area contributed by atoms with Crippen molar-refractivity contribution in [2.24, 2.45) is 0 Å². The van der Waals surface area contributed by atoms with Crippen molar-refractivity contribution in [1.82, 2.24) is 0 Å². The molecule has 138 valence electrons. The van der Waals surface area contributed by atoms with Gasteiger partial charge in [-0.15, -0.1) is 0 Å². The number of hydrogen-bond acceptors (Lipinski definition) is 3. The number of carbonyl (C=O) groups is 1. The first-order valence-corrected chi connectivity index (χ1v) is 10.8. The number of benzene rings is 2. The van der Waals surface area contributed by atoms with E-state index >= 15 is 0 Å².